The highest BCUT2D eigenvalue weighted by Crippen LogP contribution is 2.40. The molecule has 1 fully saturated rings. The second-order valence-electron chi connectivity index (χ2n) is 13.3. The quantitative estimate of drug-likeness (QED) is 0.166. The third kappa shape index (κ3) is 8.55. The van der Waals surface area contributed by atoms with Crippen LogP contribution in [-0.4, -0.2) is 75.3 Å². The van der Waals surface area contributed by atoms with Crippen molar-refractivity contribution in [1.82, 2.24) is 14.8 Å². The number of anilines is 3. The Kier molecular flexibility index (Phi) is 10.5. The van der Waals surface area contributed by atoms with Gasteiger partial charge < -0.3 is 25.0 Å². The molecule has 3 aromatic carbocycles. The molecule has 1 aliphatic heterocycles. The monoisotopic (exact) mass is 674 g/mol. The lowest BCUT2D eigenvalue weighted by molar-refractivity contribution is 0.0875. The van der Waals surface area contributed by atoms with Crippen LogP contribution in [0.15, 0.2) is 66.9 Å². The molecular weight excluding hydrogens is 628 g/mol. The minimum atomic E-state index is -3.61. The first-order valence-corrected chi connectivity index (χ1v) is 18.0. The normalized spacial score (nSPS) is 16.0. The molecule has 0 bridgehead atoms. The van der Waals surface area contributed by atoms with Crippen molar-refractivity contribution in [2.45, 2.75) is 52.1 Å². The summed E-state index contributed by atoms with van der Waals surface area (Å²) in [7, 11) is 0.00689. The molecule has 0 saturated carbocycles. The summed E-state index contributed by atoms with van der Waals surface area (Å²) in [6.45, 7) is 12.0. The molecule has 2 amide bonds. The first kappa shape index (κ1) is 34.9. The Morgan fingerprint density at radius 2 is 1.69 bits per heavy atom. The number of urea groups is 1. The summed E-state index contributed by atoms with van der Waals surface area (Å²) in [6, 6.07) is 18.7. The molecular formula is C36H46N6O5S. The first-order valence-electron chi connectivity index (χ1n) is 16.1. The van der Waals surface area contributed by atoms with Crippen LogP contribution in [0.25, 0.3) is 10.8 Å². The van der Waals surface area contributed by atoms with Gasteiger partial charge in [-0.3, -0.25) is 14.6 Å². The van der Waals surface area contributed by atoms with E-state index < -0.39 is 16.1 Å². The lowest BCUT2D eigenvalue weighted by Gasteiger charge is -2.39. The molecule has 48 heavy (non-hydrogen) atoms. The van der Waals surface area contributed by atoms with E-state index >= 15 is 0 Å². The lowest BCUT2D eigenvalue weighted by Crippen LogP contribution is -2.50. The van der Waals surface area contributed by atoms with Crippen LogP contribution in [0, 0.1) is 0 Å². The Bertz CT molecular complexity index is 1890. The summed E-state index contributed by atoms with van der Waals surface area (Å²) in [5.74, 6) is 1.54. The highest BCUT2D eigenvalue weighted by atomic mass is 32.2. The van der Waals surface area contributed by atoms with E-state index in [9.17, 15) is 13.2 Å². The fourth-order valence-electron chi connectivity index (χ4n) is 5.95. The van der Waals surface area contributed by atoms with E-state index in [0.29, 0.717) is 28.9 Å². The summed E-state index contributed by atoms with van der Waals surface area (Å²) in [6.07, 6.45) is 3.96. The molecule has 11 nitrogen and oxygen atoms in total. The van der Waals surface area contributed by atoms with Gasteiger partial charge in [-0.05, 0) is 54.8 Å². The molecule has 1 aromatic heterocycles. The van der Waals surface area contributed by atoms with Gasteiger partial charge in [-0.2, -0.15) is 0 Å². The predicted octanol–water partition coefficient (Wildman–Crippen LogP) is 6.87. The number of nitrogens with one attached hydrogen (secondary N) is 3. The zero-order chi connectivity index (χ0) is 34.6. The fourth-order valence-corrected chi connectivity index (χ4v) is 6.50. The average molecular weight is 675 g/mol. The van der Waals surface area contributed by atoms with Gasteiger partial charge in [0.1, 0.15) is 11.5 Å². The Labute approximate surface area is 283 Å². The van der Waals surface area contributed by atoms with Crippen molar-refractivity contribution in [3.63, 3.8) is 0 Å². The molecule has 5 rings (SSSR count). The van der Waals surface area contributed by atoms with Crippen molar-refractivity contribution in [2.24, 2.45) is 0 Å². The molecule has 1 atom stereocenters. The van der Waals surface area contributed by atoms with Crippen LogP contribution >= 0.6 is 0 Å². The summed E-state index contributed by atoms with van der Waals surface area (Å²) in [5.41, 5.74) is 2.57. The molecule has 4 aromatic rings. The topological polar surface area (TPSA) is 125 Å². The number of fused-ring (bicyclic) bond motifs is 1. The Balaban J connectivity index is 1.36. The Morgan fingerprint density at radius 1 is 0.979 bits per heavy atom. The van der Waals surface area contributed by atoms with Crippen LogP contribution in [0.3, 0.4) is 0 Å². The molecule has 1 aliphatic rings. The predicted molar refractivity (Wildman–Crippen MR) is 193 cm³/mol. The van der Waals surface area contributed by atoms with E-state index in [2.05, 4.69) is 44.1 Å². The summed E-state index contributed by atoms with van der Waals surface area (Å²) >= 11 is 0. The van der Waals surface area contributed by atoms with E-state index in [-0.39, 0.29) is 16.9 Å². The molecule has 12 heteroatoms. The number of nitrogens with zero attached hydrogens (tertiary/aromatic N) is 3. The van der Waals surface area contributed by atoms with Crippen molar-refractivity contribution in [2.75, 3.05) is 55.4 Å². The highest BCUT2D eigenvalue weighted by Gasteiger charge is 2.24. The number of carbonyl (C=O) groups is 1. The van der Waals surface area contributed by atoms with Gasteiger partial charge in [0.05, 0.1) is 36.1 Å². The Hall–Kier alpha value is -4.39. The van der Waals surface area contributed by atoms with E-state index in [0.717, 1.165) is 60.9 Å². The highest BCUT2D eigenvalue weighted by molar-refractivity contribution is 7.92. The van der Waals surface area contributed by atoms with Gasteiger partial charge in [-0.1, -0.05) is 52.0 Å². The van der Waals surface area contributed by atoms with Crippen LogP contribution < -0.4 is 24.8 Å². The Morgan fingerprint density at radius 3 is 2.38 bits per heavy atom. The van der Waals surface area contributed by atoms with Gasteiger partial charge in [-0.15, -0.1) is 0 Å². The van der Waals surface area contributed by atoms with E-state index in [1.165, 1.54) is 7.11 Å². The largest absolute Gasteiger partial charge is 0.492 e. The van der Waals surface area contributed by atoms with Crippen molar-refractivity contribution < 1.29 is 22.7 Å². The number of hydrogen-bond acceptors (Lipinski definition) is 8. The maximum atomic E-state index is 13.4. The van der Waals surface area contributed by atoms with Crippen molar-refractivity contribution >= 4 is 43.9 Å². The molecule has 2 heterocycles. The molecule has 0 radical (unpaired) electrons. The smallest absolute Gasteiger partial charge is 0.323 e. The maximum Gasteiger partial charge on any atom is 0.323 e. The lowest BCUT2D eigenvalue weighted by atomic mass is 9.86. The number of ether oxygens (including phenoxy) is 2. The maximum absolute atomic E-state index is 13.4. The second-order valence-corrected chi connectivity index (χ2v) is 15.1. The number of amides is 2. The number of piperazine rings is 1. The van der Waals surface area contributed by atoms with Crippen molar-refractivity contribution in [3.8, 4) is 17.2 Å². The number of methoxy groups -OCH3 is 1. The molecule has 1 saturated heterocycles. The summed E-state index contributed by atoms with van der Waals surface area (Å²) in [4.78, 5) is 22.9. The minimum absolute atomic E-state index is 0.201. The van der Waals surface area contributed by atoms with Gasteiger partial charge in [0.25, 0.3) is 0 Å². The van der Waals surface area contributed by atoms with Gasteiger partial charge in [0.15, 0.2) is 5.75 Å². The van der Waals surface area contributed by atoms with Gasteiger partial charge in [0, 0.05) is 55.3 Å². The third-order valence-corrected chi connectivity index (χ3v) is 9.16. The second kappa shape index (κ2) is 14.4. The van der Waals surface area contributed by atoms with E-state index in [1.54, 1.807) is 24.4 Å². The molecule has 1 unspecified atom stereocenters. The number of hydrogen-bond donors (Lipinski definition) is 3. The number of pyridine rings is 1. The number of benzene rings is 3. The fraction of sp³-hybridized carbons (Fsp3) is 0.389. The summed E-state index contributed by atoms with van der Waals surface area (Å²) in [5, 5.41) is 7.42. The minimum Gasteiger partial charge on any atom is -0.492 e. The van der Waals surface area contributed by atoms with Crippen LogP contribution in [0.2, 0.25) is 0 Å². The number of carbonyl (C=O) groups excluding carboxylic acids is 1. The van der Waals surface area contributed by atoms with Crippen molar-refractivity contribution in [1.29, 1.82) is 0 Å². The zero-order valence-electron chi connectivity index (χ0n) is 28.8. The first-order chi connectivity index (χ1) is 22.7. The SMILES string of the molecule is CCC1CN(Cc2cc(Oc3ccc(NC(=O)Nc4cc(C(C)(C)C)cc(NS(C)(=O)=O)c4OC)c4ccccc34)ccn2)CCN1C. The number of aromatic nitrogens is 1. The molecule has 0 aliphatic carbocycles. The van der Waals surface area contributed by atoms with Gasteiger partial charge in [0.2, 0.25) is 10.0 Å². The molecule has 256 valence electrons. The van der Waals surface area contributed by atoms with Crippen LogP contribution in [0.5, 0.6) is 17.2 Å². The van der Waals surface area contributed by atoms with E-state index in [1.807, 2.05) is 63.2 Å². The van der Waals surface area contributed by atoms with E-state index in [4.69, 9.17) is 9.47 Å². The summed E-state index contributed by atoms with van der Waals surface area (Å²) < 4.78 is 38.7. The number of rotatable bonds is 10. The van der Waals surface area contributed by atoms with Crippen LogP contribution in [-0.2, 0) is 22.0 Å². The zero-order valence-corrected chi connectivity index (χ0v) is 29.6. The van der Waals surface area contributed by atoms with Crippen LogP contribution in [0.4, 0.5) is 21.9 Å². The molecule has 0 spiro atoms. The third-order valence-electron chi connectivity index (χ3n) is 8.57. The standard InChI is InChI=1S/C36H46N6O5S/c1-8-26-23-42(18-17-41(26)5)22-25-21-27(15-16-37-25)47-33-14-13-30(28-11-9-10-12-29(28)33)38-35(43)39-31-19-24(36(2,3)4)20-32(34(31)46-6)40-48(7,44)45/h9-16,19-21,26,40H,8,17-18,22-23H2,1-7H3,(H2,38,39,43). The number of likely N-dealkylation sites (N-methyl/N-ethyl adjacent to an activating group) is 1. The number of sulfonamides is 1. The van der Waals surface area contributed by atoms with Gasteiger partial charge in [-0.25, -0.2) is 13.2 Å². The molecule has 3 N–H and O–H groups in total. The van der Waals surface area contributed by atoms with Gasteiger partial charge >= 0.3 is 6.03 Å². The van der Waals surface area contributed by atoms with Crippen LogP contribution in [0.1, 0.15) is 45.4 Å². The van der Waals surface area contributed by atoms with Crippen molar-refractivity contribution in [3.05, 3.63) is 78.1 Å². The average Bonchev–Trinajstić information content (AvgIpc) is 3.02.